The molecule has 2 fully saturated rings. The lowest BCUT2D eigenvalue weighted by atomic mass is 10.0. The molecular formula is C25H26FNO5S. The van der Waals surface area contributed by atoms with Gasteiger partial charge in [0.2, 0.25) is 0 Å². The van der Waals surface area contributed by atoms with Gasteiger partial charge in [-0.25, -0.2) is 17.5 Å². The molecule has 2 saturated carbocycles. The van der Waals surface area contributed by atoms with E-state index in [0.717, 1.165) is 36.8 Å². The number of benzene rings is 2. The first-order valence-corrected chi connectivity index (χ1v) is 12.8. The zero-order chi connectivity index (χ0) is 23.3. The maximum Gasteiger partial charge on any atom is 0.300 e. The monoisotopic (exact) mass is 471 g/mol. The van der Waals surface area contributed by atoms with E-state index in [9.17, 15) is 17.6 Å². The van der Waals surface area contributed by atoms with E-state index in [4.69, 9.17) is 9.15 Å². The average molecular weight is 472 g/mol. The Morgan fingerprint density at radius 3 is 2.58 bits per heavy atom. The molecule has 6 nitrogen and oxygen atoms in total. The molecule has 0 radical (unpaired) electrons. The van der Waals surface area contributed by atoms with Crippen molar-refractivity contribution in [3.8, 4) is 5.75 Å². The number of amides is 1. The second-order valence-electron chi connectivity index (χ2n) is 9.35. The lowest BCUT2D eigenvalue weighted by Gasteiger charge is -2.15. The van der Waals surface area contributed by atoms with E-state index >= 15 is 0 Å². The van der Waals surface area contributed by atoms with Gasteiger partial charge in [0, 0.05) is 6.07 Å². The molecule has 33 heavy (non-hydrogen) atoms. The van der Waals surface area contributed by atoms with Gasteiger partial charge in [-0.2, -0.15) is 0 Å². The SMILES string of the molecule is CC(C)c1ccc(OCC2CC2)c(S(=O)(=O)NC(=O)c2cc3c(F)cc(C4CC4)cc3o2)c1. The molecule has 1 N–H and O–H groups in total. The molecule has 8 heteroatoms. The second-order valence-corrected chi connectivity index (χ2v) is 11.0. The highest BCUT2D eigenvalue weighted by Gasteiger charge is 2.29. The van der Waals surface area contributed by atoms with Gasteiger partial charge >= 0.3 is 5.91 Å². The fourth-order valence-corrected chi connectivity index (χ4v) is 4.95. The Balaban J connectivity index is 1.43. The molecule has 1 heterocycles. The number of ether oxygens (including phenoxy) is 1. The van der Waals surface area contributed by atoms with Crippen LogP contribution in [0.25, 0.3) is 11.0 Å². The Morgan fingerprint density at radius 2 is 1.91 bits per heavy atom. The maximum atomic E-state index is 14.5. The molecule has 1 aromatic heterocycles. The highest BCUT2D eigenvalue weighted by atomic mass is 32.2. The predicted molar refractivity (Wildman–Crippen MR) is 122 cm³/mol. The van der Waals surface area contributed by atoms with Crippen LogP contribution in [-0.4, -0.2) is 20.9 Å². The summed E-state index contributed by atoms with van der Waals surface area (Å²) >= 11 is 0. The highest BCUT2D eigenvalue weighted by Crippen LogP contribution is 2.42. The Hall–Kier alpha value is -2.87. The van der Waals surface area contributed by atoms with Crippen LogP contribution in [0, 0.1) is 11.7 Å². The molecule has 5 rings (SSSR count). The summed E-state index contributed by atoms with van der Waals surface area (Å²) in [5.41, 5.74) is 1.87. The number of nitrogens with one attached hydrogen (secondary N) is 1. The zero-order valence-corrected chi connectivity index (χ0v) is 19.4. The van der Waals surface area contributed by atoms with Crippen LogP contribution in [0.3, 0.4) is 0 Å². The van der Waals surface area contributed by atoms with Gasteiger partial charge in [0.15, 0.2) is 5.76 Å². The quantitative estimate of drug-likeness (QED) is 0.470. The third-order valence-electron chi connectivity index (χ3n) is 6.20. The summed E-state index contributed by atoms with van der Waals surface area (Å²) in [6.07, 6.45) is 4.12. The van der Waals surface area contributed by atoms with Gasteiger partial charge in [0.25, 0.3) is 10.0 Å². The Labute approximate surface area is 192 Å². The molecule has 0 saturated heterocycles. The molecule has 0 aliphatic heterocycles. The van der Waals surface area contributed by atoms with Crippen molar-refractivity contribution in [1.29, 1.82) is 0 Å². The lowest BCUT2D eigenvalue weighted by Crippen LogP contribution is -2.30. The Kier molecular flexibility index (Phi) is 5.43. The lowest BCUT2D eigenvalue weighted by molar-refractivity contribution is 0.0956. The molecular weight excluding hydrogens is 445 g/mol. The second kappa shape index (κ2) is 8.17. The maximum absolute atomic E-state index is 14.5. The van der Waals surface area contributed by atoms with E-state index in [0.29, 0.717) is 18.4 Å². The van der Waals surface area contributed by atoms with Crippen molar-refractivity contribution in [2.45, 2.75) is 56.3 Å². The van der Waals surface area contributed by atoms with E-state index in [1.807, 2.05) is 19.9 Å². The first-order valence-electron chi connectivity index (χ1n) is 11.3. The summed E-state index contributed by atoms with van der Waals surface area (Å²) < 4.78 is 54.3. The van der Waals surface area contributed by atoms with Crippen LogP contribution in [0.15, 0.2) is 45.7 Å². The van der Waals surface area contributed by atoms with Gasteiger partial charge in [-0.3, -0.25) is 4.79 Å². The molecule has 0 atom stereocenters. The van der Waals surface area contributed by atoms with Crippen LogP contribution in [0.2, 0.25) is 0 Å². The number of carbonyl (C=O) groups excluding carboxylic acids is 1. The summed E-state index contributed by atoms with van der Waals surface area (Å²) in [6, 6.07) is 9.40. The standard InChI is InChI=1S/C25H26FNO5S/c1-14(2)17-7-8-21(31-13-15-3-4-15)24(11-17)33(29,30)27-25(28)23-12-19-20(26)9-18(16-5-6-16)10-22(19)32-23/h7-12,14-16H,3-6,13H2,1-2H3,(H,27,28). The molecule has 0 spiro atoms. The van der Waals surface area contributed by atoms with Gasteiger partial charge in [0.05, 0.1) is 12.0 Å². The van der Waals surface area contributed by atoms with Crippen molar-refractivity contribution in [3.63, 3.8) is 0 Å². The van der Waals surface area contributed by atoms with Crippen molar-refractivity contribution in [2.75, 3.05) is 6.61 Å². The largest absolute Gasteiger partial charge is 0.492 e. The summed E-state index contributed by atoms with van der Waals surface area (Å²) in [4.78, 5) is 12.7. The molecule has 2 aliphatic rings. The fourth-order valence-electron chi connectivity index (χ4n) is 3.81. The number of halogens is 1. The highest BCUT2D eigenvalue weighted by molar-refractivity contribution is 7.90. The van der Waals surface area contributed by atoms with E-state index in [1.54, 1.807) is 12.1 Å². The molecule has 3 aromatic rings. The number of carbonyl (C=O) groups is 1. The first kappa shape index (κ1) is 21.9. The summed E-state index contributed by atoms with van der Waals surface area (Å²) in [7, 11) is -4.26. The summed E-state index contributed by atoms with van der Waals surface area (Å²) in [6.45, 7) is 4.34. The van der Waals surface area contributed by atoms with Crippen molar-refractivity contribution in [1.82, 2.24) is 4.72 Å². The van der Waals surface area contributed by atoms with Gasteiger partial charge < -0.3 is 9.15 Å². The molecule has 174 valence electrons. The minimum Gasteiger partial charge on any atom is -0.492 e. The third kappa shape index (κ3) is 4.62. The van der Waals surface area contributed by atoms with Crippen LogP contribution in [-0.2, 0) is 10.0 Å². The van der Waals surface area contributed by atoms with E-state index in [-0.39, 0.29) is 33.3 Å². The van der Waals surface area contributed by atoms with E-state index < -0.39 is 21.7 Å². The number of fused-ring (bicyclic) bond motifs is 1. The van der Waals surface area contributed by atoms with Crippen molar-refractivity contribution >= 4 is 26.9 Å². The van der Waals surface area contributed by atoms with Gasteiger partial charge in [0.1, 0.15) is 22.0 Å². The van der Waals surface area contributed by atoms with Crippen molar-refractivity contribution in [2.24, 2.45) is 5.92 Å². The smallest absolute Gasteiger partial charge is 0.300 e. The van der Waals surface area contributed by atoms with Gasteiger partial charge in [-0.1, -0.05) is 19.9 Å². The number of rotatable bonds is 8. The third-order valence-corrected chi connectivity index (χ3v) is 7.56. The minimum absolute atomic E-state index is 0.0890. The van der Waals surface area contributed by atoms with Crippen LogP contribution in [0.4, 0.5) is 4.39 Å². The average Bonchev–Trinajstić information content (AvgIpc) is 3.69. The van der Waals surface area contributed by atoms with Crippen molar-refractivity contribution < 1.29 is 26.8 Å². The fraction of sp³-hybridized carbons (Fsp3) is 0.400. The molecule has 0 bridgehead atoms. The van der Waals surface area contributed by atoms with Gasteiger partial charge in [-0.15, -0.1) is 0 Å². The van der Waals surface area contributed by atoms with Gasteiger partial charge in [-0.05, 0) is 78.8 Å². The predicted octanol–water partition coefficient (Wildman–Crippen LogP) is 5.48. The molecule has 0 unspecified atom stereocenters. The Morgan fingerprint density at radius 1 is 1.15 bits per heavy atom. The molecule has 2 aromatic carbocycles. The van der Waals surface area contributed by atoms with Crippen LogP contribution < -0.4 is 9.46 Å². The topological polar surface area (TPSA) is 85.6 Å². The van der Waals surface area contributed by atoms with Crippen LogP contribution in [0.1, 0.15) is 73.0 Å². The molecule has 1 amide bonds. The number of furan rings is 1. The number of sulfonamides is 1. The normalized spacial score (nSPS) is 16.4. The zero-order valence-electron chi connectivity index (χ0n) is 18.6. The number of hydrogen-bond donors (Lipinski definition) is 1. The molecule has 2 aliphatic carbocycles. The summed E-state index contributed by atoms with van der Waals surface area (Å²) in [5, 5.41) is 0.150. The number of hydrogen-bond acceptors (Lipinski definition) is 5. The Bertz CT molecular complexity index is 1340. The van der Waals surface area contributed by atoms with E-state index in [1.165, 1.54) is 18.2 Å². The first-order chi connectivity index (χ1) is 15.7. The summed E-state index contributed by atoms with van der Waals surface area (Å²) in [5.74, 6) is -0.662. The minimum atomic E-state index is -4.26. The van der Waals surface area contributed by atoms with E-state index in [2.05, 4.69) is 4.72 Å². The van der Waals surface area contributed by atoms with Crippen LogP contribution >= 0.6 is 0 Å². The van der Waals surface area contributed by atoms with Crippen LogP contribution in [0.5, 0.6) is 5.75 Å². The van der Waals surface area contributed by atoms with Crippen molar-refractivity contribution in [3.05, 3.63) is 59.1 Å².